The van der Waals surface area contributed by atoms with Gasteiger partial charge in [-0.15, -0.1) is 0 Å². The monoisotopic (exact) mass is 272 g/mol. The van der Waals surface area contributed by atoms with Gasteiger partial charge in [0, 0.05) is 36.9 Å². The molecule has 1 aromatic carbocycles. The molecule has 0 amide bonds. The molecule has 18 heavy (non-hydrogen) atoms. The fourth-order valence-electron chi connectivity index (χ4n) is 1.53. The molecular formula is C12H17ClN2O3. The van der Waals surface area contributed by atoms with Crippen molar-refractivity contribution in [3.8, 4) is 0 Å². The number of nitrogens with zero attached hydrogens (tertiary/aromatic N) is 2. The van der Waals surface area contributed by atoms with Gasteiger partial charge in [-0.25, -0.2) is 0 Å². The Morgan fingerprint density at radius 2 is 2.22 bits per heavy atom. The summed E-state index contributed by atoms with van der Waals surface area (Å²) in [6.45, 7) is 4.59. The second-order valence-corrected chi connectivity index (χ2v) is 4.37. The number of likely N-dealkylation sites (N-methyl/N-ethyl adjacent to an activating group) is 1. The molecule has 0 bridgehead atoms. The predicted octanol–water partition coefficient (Wildman–Crippen LogP) is 2.72. The summed E-state index contributed by atoms with van der Waals surface area (Å²) in [5.74, 6) is 0. The van der Waals surface area contributed by atoms with Crippen LogP contribution in [0.3, 0.4) is 0 Å². The van der Waals surface area contributed by atoms with Crippen LogP contribution in [0.4, 0.5) is 5.69 Å². The van der Waals surface area contributed by atoms with E-state index >= 15 is 0 Å². The lowest BCUT2D eigenvalue weighted by Gasteiger charge is -2.17. The summed E-state index contributed by atoms with van der Waals surface area (Å²) in [5, 5.41) is 11.2. The Balaban J connectivity index is 2.65. The van der Waals surface area contributed by atoms with Crippen LogP contribution in [-0.2, 0) is 11.3 Å². The molecule has 0 aliphatic rings. The molecular weight excluding hydrogens is 256 g/mol. The highest BCUT2D eigenvalue weighted by Gasteiger charge is 2.11. The zero-order valence-corrected chi connectivity index (χ0v) is 11.3. The second-order valence-electron chi connectivity index (χ2n) is 3.97. The van der Waals surface area contributed by atoms with Gasteiger partial charge in [0.25, 0.3) is 5.69 Å². The van der Waals surface area contributed by atoms with Gasteiger partial charge >= 0.3 is 0 Å². The summed E-state index contributed by atoms with van der Waals surface area (Å²) in [6.07, 6.45) is 0. The average Bonchev–Trinajstić information content (AvgIpc) is 2.32. The molecule has 0 aliphatic carbocycles. The van der Waals surface area contributed by atoms with Crippen LogP contribution in [0.5, 0.6) is 0 Å². The molecule has 0 N–H and O–H groups in total. The standard InChI is InChI=1S/C12H17ClN2O3/c1-3-18-7-6-14(2)9-10-8-11(15(16)17)4-5-12(10)13/h4-5,8H,3,6-7,9H2,1-2H3. The molecule has 100 valence electrons. The molecule has 6 heteroatoms. The lowest BCUT2D eigenvalue weighted by Crippen LogP contribution is -2.23. The van der Waals surface area contributed by atoms with Crippen LogP contribution in [0.25, 0.3) is 0 Å². The molecule has 1 aromatic rings. The zero-order valence-electron chi connectivity index (χ0n) is 10.6. The first-order chi connectivity index (χ1) is 8.54. The number of rotatable bonds is 7. The van der Waals surface area contributed by atoms with Crippen molar-refractivity contribution >= 4 is 17.3 Å². The number of non-ortho nitro benzene ring substituents is 1. The summed E-state index contributed by atoms with van der Waals surface area (Å²) in [6, 6.07) is 4.48. The maximum absolute atomic E-state index is 10.7. The number of nitro benzene ring substituents is 1. The quantitative estimate of drug-likeness (QED) is 0.435. The Kier molecular flexibility index (Phi) is 6.04. The van der Waals surface area contributed by atoms with Gasteiger partial charge in [0.1, 0.15) is 0 Å². The topological polar surface area (TPSA) is 55.6 Å². The number of ether oxygens (including phenoxy) is 1. The molecule has 1 rings (SSSR count). The van der Waals surface area contributed by atoms with Crippen molar-refractivity contribution in [3.63, 3.8) is 0 Å². The molecule has 0 unspecified atom stereocenters. The van der Waals surface area contributed by atoms with E-state index in [1.807, 2.05) is 18.9 Å². The maximum Gasteiger partial charge on any atom is 0.269 e. The first kappa shape index (κ1) is 14.9. The third-order valence-corrected chi connectivity index (χ3v) is 2.87. The van der Waals surface area contributed by atoms with E-state index in [4.69, 9.17) is 16.3 Å². The van der Waals surface area contributed by atoms with Gasteiger partial charge in [-0.1, -0.05) is 11.6 Å². The van der Waals surface area contributed by atoms with Crippen molar-refractivity contribution in [3.05, 3.63) is 38.9 Å². The summed E-state index contributed by atoms with van der Waals surface area (Å²) >= 11 is 6.03. The number of hydrogen-bond donors (Lipinski definition) is 0. The second kappa shape index (κ2) is 7.31. The van der Waals surface area contributed by atoms with Crippen LogP contribution in [0.1, 0.15) is 12.5 Å². The van der Waals surface area contributed by atoms with E-state index in [0.717, 1.165) is 12.1 Å². The van der Waals surface area contributed by atoms with Crippen molar-refractivity contribution < 1.29 is 9.66 Å². The Bertz CT molecular complexity index is 412. The first-order valence-electron chi connectivity index (χ1n) is 5.73. The zero-order chi connectivity index (χ0) is 13.5. The lowest BCUT2D eigenvalue weighted by atomic mass is 10.2. The van der Waals surface area contributed by atoms with Crippen LogP contribution < -0.4 is 0 Å². The Morgan fingerprint density at radius 3 is 2.83 bits per heavy atom. The molecule has 5 nitrogen and oxygen atoms in total. The van der Waals surface area contributed by atoms with E-state index in [-0.39, 0.29) is 5.69 Å². The fraction of sp³-hybridized carbons (Fsp3) is 0.500. The van der Waals surface area contributed by atoms with E-state index in [1.165, 1.54) is 12.1 Å². The van der Waals surface area contributed by atoms with E-state index in [9.17, 15) is 10.1 Å². The third-order valence-electron chi connectivity index (χ3n) is 2.50. The summed E-state index contributed by atoms with van der Waals surface area (Å²) in [5.41, 5.74) is 0.817. The van der Waals surface area contributed by atoms with Crippen molar-refractivity contribution in [2.45, 2.75) is 13.5 Å². The molecule has 0 saturated carbocycles. The molecule has 0 saturated heterocycles. The first-order valence-corrected chi connectivity index (χ1v) is 6.11. The van der Waals surface area contributed by atoms with Crippen molar-refractivity contribution in [1.82, 2.24) is 4.90 Å². The highest BCUT2D eigenvalue weighted by molar-refractivity contribution is 6.31. The average molecular weight is 273 g/mol. The Morgan fingerprint density at radius 1 is 1.50 bits per heavy atom. The maximum atomic E-state index is 10.7. The minimum atomic E-state index is -0.417. The highest BCUT2D eigenvalue weighted by Crippen LogP contribution is 2.22. The van der Waals surface area contributed by atoms with Gasteiger partial charge in [-0.2, -0.15) is 0 Å². The van der Waals surface area contributed by atoms with Gasteiger partial charge < -0.3 is 4.74 Å². The molecule has 0 aliphatic heterocycles. The van der Waals surface area contributed by atoms with Gasteiger partial charge in [-0.05, 0) is 25.6 Å². The van der Waals surface area contributed by atoms with Gasteiger partial charge in [0.15, 0.2) is 0 Å². The van der Waals surface area contributed by atoms with E-state index in [0.29, 0.717) is 24.8 Å². The van der Waals surface area contributed by atoms with Gasteiger partial charge in [0.2, 0.25) is 0 Å². The Hall–Kier alpha value is -1.17. The normalized spacial score (nSPS) is 10.9. The van der Waals surface area contributed by atoms with Crippen molar-refractivity contribution in [2.24, 2.45) is 0 Å². The Labute approximate surface area is 111 Å². The summed E-state index contributed by atoms with van der Waals surface area (Å²) < 4.78 is 5.25. The molecule has 0 aromatic heterocycles. The predicted molar refractivity (Wildman–Crippen MR) is 70.9 cm³/mol. The van der Waals surface area contributed by atoms with Crippen LogP contribution in [-0.4, -0.2) is 36.6 Å². The van der Waals surface area contributed by atoms with Crippen LogP contribution in [0.2, 0.25) is 5.02 Å². The van der Waals surface area contributed by atoms with Crippen LogP contribution >= 0.6 is 11.6 Å². The van der Waals surface area contributed by atoms with Crippen LogP contribution in [0.15, 0.2) is 18.2 Å². The number of halogens is 1. The molecule has 0 fully saturated rings. The number of hydrogen-bond acceptors (Lipinski definition) is 4. The molecule has 0 spiro atoms. The minimum absolute atomic E-state index is 0.0626. The highest BCUT2D eigenvalue weighted by atomic mass is 35.5. The van der Waals surface area contributed by atoms with Crippen molar-refractivity contribution in [2.75, 3.05) is 26.8 Å². The van der Waals surface area contributed by atoms with Crippen molar-refractivity contribution in [1.29, 1.82) is 0 Å². The summed E-state index contributed by atoms with van der Waals surface area (Å²) in [7, 11) is 1.92. The third kappa shape index (κ3) is 4.60. The molecule has 0 heterocycles. The summed E-state index contributed by atoms with van der Waals surface area (Å²) in [4.78, 5) is 12.3. The number of benzene rings is 1. The van der Waals surface area contributed by atoms with Gasteiger partial charge in [-0.3, -0.25) is 15.0 Å². The smallest absolute Gasteiger partial charge is 0.269 e. The van der Waals surface area contributed by atoms with Crippen LogP contribution in [0, 0.1) is 10.1 Å². The van der Waals surface area contributed by atoms with E-state index in [2.05, 4.69) is 0 Å². The SMILES string of the molecule is CCOCCN(C)Cc1cc([N+](=O)[O-])ccc1Cl. The molecule has 0 radical (unpaired) electrons. The van der Waals surface area contributed by atoms with E-state index in [1.54, 1.807) is 6.07 Å². The molecule has 0 atom stereocenters. The number of nitro groups is 1. The van der Waals surface area contributed by atoms with Gasteiger partial charge in [0.05, 0.1) is 11.5 Å². The fourth-order valence-corrected chi connectivity index (χ4v) is 1.71. The largest absolute Gasteiger partial charge is 0.380 e. The van der Waals surface area contributed by atoms with E-state index < -0.39 is 4.92 Å². The minimum Gasteiger partial charge on any atom is -0.380 e. The lowest BCUT2D eigenvalue weighted by molar-refractivity contribution is -0.384.